The van der Waals surface area contributed by atoms with E-state index in [9.17, 15) is 28.8 Å². The van der Waals surface area contributed by atoms with Crippen LogP contribution in [0.2, 0.25) is 10.0 Å². The number of rotatable bonds is 19. The van der Waals surface area contributed by atoms with Crippen molar-refractivity contribution in [3.8, 4) is 0 Å². The lowest BCUT2D eigenvalue weighted by molar-refractivity contribution is -0.127. The molecule has 0 saturated carbocycles. The summed E-state index contributed by atoms with van der Waals surface area (Å²) in [6, 6.07) is 24.4. The van der Waals surface area contributed by atoms with E-state index in [1.54, 1.807) is 31.2 Å². The Kier molecular flexibility index (Phi) is 18.3. The number of carbonyl (C=O) groups is 6. The minimum absolute atomic E-state index is 0.0369. The van der Waals surface area contributed by atoms with Crippen LogP contribution in [0.3, 0.4) is 0 Å². The monoisotopic (exact) mass is 976 g/mol. The van der Waals surface area contributed by atoms with E-state index in [4.69, 9.17) is 58.0 Å². The Morgan fingerprint density at radius 3 is 1.37 bits per heavy atom. The number of amides is 4. The lowest BCUT2D eigenvalue weighted by Crippen LogP contribution is -2.32. The predicted octanol–water partition coefficient (Wildman–Crippen LogP) is 11.7. The molecular formula is C46H41Cl5N8O6. The Hall–Kier alpha value is -6.03. The molecular weight excluding hydrogens is 938 g/mol. The predicted molar refractivity (Wildman–Crippen MR) is 256 cm³/mol. The van der Waals surface area contributed by atoms with E-state index < -0.39 is 52.7 Å². The number of halogens is 5. The molecule has 0 fully saturated rings. The first-order chi connectivity index (χ1) is 31.1. The van der Waals surface area contributed by atoms with Gasteiger partial charge in [-0.2, -0.15) is 20.5 Å². The van der Waals surface area contributed by atoms with Gasteiger partial charge in [0.05, 0.1) is 26.5 Å². The van der Waals surface area contributed by atoms with Crippen LogP contribution in [-0.4, -0.2) is 59.0 Å². The third-order valence-corrected chi connectivity index (χ3v) is 10.9. The van der Waals surface area contributed by atoms with E-state index in [1.807, 2.05) is 24.3 Å². The molecule has 0 aliphatic heterocycles. The van der Waals surface area contributed by atoms with Gasteiger partial charge in [-0.25, -0.2) is 0 Å². The van der Waals surface area contributed by atoms with Crippen LogP contribution >= 0.6 is 58.0 Å². The molecule has 0 aliphatic rings. The van der Waals surface area contributed by atoms with Crippen LogP contribution in [0.15, 0.2) is 124 Å². The Bertz CT molecular complexity index is 2640. The van der Waals surface area contributed by atoms with E-state index in [-0.39, 0.29) is 43.9 Å². The molecule has 336 valence electrons. The molecule has 0 aromatic heterocycles. The van der Waals surface area contributed by atoms with E-state index in [2.05, 4.69) is 41.7 Å². The number of ketones is 2. The van der Waals surface area contributed by atoms with Crippen molar-refractivity contribution in [2.24, 2.45) is 20.5 Å². The van der Waals surface area contributed by atoms with Gasteiger partial charge in [0.25, 0.3) is 23.6 Å². The van der Waals surface area contributed by atoms with Gasteiger partial charge in [-0.1, -0.05) is 59.6 Å². The minimum Gasteiger partial charge on any atom is -0.324 e. The van der Waals surface area contributed by atoms with Crippen molar-refractivity contribution in [3.05, 3.63) is 141 Å². The number of carbonyl (C=O) groups excluding carboxylic acids is 6. The van der Waals surface area contributed by atoms with Crippen LogP contribution in [0.4, 0.5) is 34.1 Å². The van der Waals surface area contributed by atoms with Gasteiger partial charge >= 0.3 is 0 Å². The second-order valence-corrected chi connectivity index (χ2v) is 16.5. The molecule has 3 unspecified atom stereocenters. The van der Waals surface area contributed by atoms with E-state index in [0.717, 1.165) is 25.0 Å². The fraction of sp³-hybridized carbons (Fsp3) is 0.217. The third kappa shape index (κ3) is 13.7. The Labute approximate surface area is 399 Å². The zero-order chi connectivity index (χ0) is 47.2. The highest BCUT2D eigenvalue weighted by Crippen LogP contribution is 2.33. The zero-order valence-electron chi connectivity index (χ0n) is 35.0. The number of alkyl halides is 3. The fourth-order valence-corrected chi connectivity index (χ4v) is 7.16. The van der Waals surface area contributed by atoms with E-state index in [0.29, 0.717) is 41.5 Å². The van der Waals surface area contributed by atoms with Crippen molar-refractivity contribution in [2.45, 2.75) is 51.1 Å². The highest BCUT2D eigenvalue weighted by molar-refractivity contribution is 6.37. The molecule has 3 atom stereocenters. The Morgan fingerprint density at radius 2 is 0.969 bits per heavy atom. The van der Waals surface area contributed by atoms with Gasteiger partial charge in [0.1, 0.15) is 11.4 Å². The smallest absolute Gasteiger partial charge is 0.258 e. The zero-order valence-corrected chi connectivity index (χ0v) is 38.8. The van der Waals surface area contributed by atoms with Crippen molar-refractivity contribution < 1.29 is 28.8 Å². The largest absolute Gasteiger partial charge is 0.324 e. The average molecular weight is 979 g/mol. The molecule has 0 radical (unpaired) electrons. The first-order valence-electron chi connectivity index (χ1n) is 19.8. The number of hydrogen-bond donors (Lipinski definition) is 4. The lowest BCUT2D eigenvalue weighted by Gasteiger charge is -2.17. The van der Waals surface area contributed by atoms with Crippen LogP contribution in [0.5, 0.6) is 0 Å². The van der Waals surface area contributed by atoms with Crippen LogP contribution in [0.1, 0.15) is 63.6 Å². The normalized spacial score (nSPS) is 12.6. The molecule has 0 saturated heterocycles. The van der Waals surface area contributed by atoms with Crippen molar-refractivity contribution in [1.29, 1.82) is 0 Å². The summed E-state index contributed by atoms with van der Waals surface area (Å²) in [6.45, 7) is 3.94. The standard InChI is InChI=1S/C46H41Cl5N8O6/c1-25(49)35-24-32(54-45(64)41(26(2)60)58-56-37-8-4-6-33(39(37)50)43(62)52-30-14-10-28(11-15-30)20-22-47)18-19-36(35)55-46(65)42(27(3)61)59-57-38-9-5-7-34(40(38)51)44(63)53-31-16-12-29(13-17-31)21-23-48/h4-19,24-25,41-42H,20-23H2,1-3H3,(H,52,62)(H,53,63)(H,54,64)(H,55,65). The van der Waals surface area contributed by atoms with E-state index in [1.165, 1.54) is 54.6 Å². The van der Waals surface area contributed by atoms with Crippen LogP contribution in [-0.2, 0) is 32.0 Å². The van der Waals surface area contributed by atoms with Crippen LogP contribution in [0.25, 0.3) is 0 Å². The summed E-state index contributed by atoms with van der Waals surface area (Å²) >= 11 is 31.2. The first kappa shape index (κ1) is 50.0. The Morgan fingerprint density at radius 1 is 0.554 bits per heavy atom. The molecule has 0 heterocycles. The van der Waals surface area contributed by atoms with Gasteiger partial charge in [-0.3, -0.25) is 28.8 Å². The quantitative estimate of drug-likeness (QED) is 0.0360. The summed E-state index contributed by atoms with van der Waals surface area (Å²) in [5, 5.41) is 26.0. The van der Waals surface area contributed by atoms with Crippen LogP contribution < -0.4 is 21.3 Å². The molecule has 5 aromatic rings. The second-order valence-electron chi connectivity index (χ2n) is 14.3. The number of hydrogen-bond acceptors (Lipinski definition) is 10. The topological polar surface area (TPSA) is 200 Å². The van der Waals surface area contributed by atoms with Gasteiger partial charge in [-0.15, -0.1) is 34.8 Å². The molecule has 19 heteroatoms. The Balaban J connectivity index is 1.26. The highest BCUT2D eigenvalue weighted by Gasteiger charge is 2.27. The molecule has 5 rings (SSSR count). The van der Waals surface area contributed by atoms with Crippen molar-refractivity contribution in [1.82, 2.24) is 0 Å². The maximum absolute atomic E-state index is 13.5. The third-order valence-electron chi connectivity index (χ3n) is 9.47. The molecule has 5 aromatic carbocycles. The summed E-state index contributed by atoms with van der Waals surface area (Å²) in [5.74, 6) is -3.09. The first-order valence-corrected chi connectivity index (χ1v) is 22.1. The fourth-order valence-electron chi connectivity index (χ4n) is 6.04. The van der Waals surface area contributed by atoms with Gasteiger partial charge in [0, 0.05) is 34.5 Å². The molecule has 0 bridgehead atoms. The molecule has 14 nitrogen and oxygen atoms in total. The van der Waals surface area contributed by atoms with Crippen molar-refractivity contribution in [2.75, 3.05) is 33.0 Å². The van der Waals surface area contributed by atoms with Crippen molar-refractivity contribution >= 4 is 127 Å². The minimum atomic E-state index is -1.63. The summed E-state index contributed by atoms with van der Waals surface area (Å²) in [7, 11) is 0. The highest BCUT2D eigenvalue weighted by atomic mass is 35.5. The maximum atomic E-state index is 13.5. The lowest BCUT2D eigenvalue weighted by atomic mass is 10.1. The summed E-state index contributed by atoms with van der Waals surface area (Å²) in [5.41, 5.74) is 4.04. The SMILES string of the molecule is CC(=O)C(N=Nc1cccc(C(=O)Nc2ccc(CCCl)cc2)c1Cl)C(=O)Nc1ccc(NC(=O)C(N=Nc2cccc(C(=O)Nc3ccc(CCCl)cc3)c2Cl)C(C)=O)c(C(C)Cl)c1. The number of Topliss-reactive ketones (excluding diaryl/α,β-unsaturated/α-hetero) is 2. The number of anilines is 4. The van der Waals surface area contributed by atoms with Gasteiger partial charge < -0.3 is 21.3 Å². The number of aryl methyl sites for hydroxylation is 2. The summed E-state index contributed by atoms with van der Waals surface area (Å²) in [6.07, 6.45) is 1.36. The number of nitrogens with one attached hydrogen (secondary N) is 4. The molecule has 4 amide bonds. The van der Waals surface area contributed by atoms with Gasteiger partial charge in [0.2, 0.25) is 12.1 Å². The maximum Gasteiger partial charge on any atom is 0.258 e. The average Bonchev–Trinajstić information content (AvgIpc) is 3.26. The van der Waals surface area contributed by atoms with Gasteiger partial charge in [0.15, 0.2) is 11.6 Å². The number of benzene rings is 5. The van der Waals surface area contributed by atoms with E-state index >= 15 is 0 Å². The second kappa shape index (κ2) is 23.8. The van der Waals surface area contributed by atoms with Gasteiger partial charge in [-0.05, 0) is 117 Å². The molecule has 4 N–H and O–H groups in total. The molecule has 0 spiro atoms. The molecule has 0 aliphatic carbocycles. The number of azo groups is 2. The molecule has 65 heavy (non-hydrogen) atoms. The summed E-state index contributed by atoms with van der Waals surface area (Å²) in [4.78, 5) is 78.4. The van der Waals surface area contributed by atoms with Crippen molar-refractivity contribution in [3.63, 3.8) is 0 Å². The number of nitrogens with zero attached hydrogens (tertiary/aromatic N) is 4. The van der Waals surface area contributed by atoms with Crippen LogP contribution in [0, 0.1) is 0 Å². The summed E-state index contributed by atoms with van der Waals surface area (Å²) < 4.78 is 0.